The molecule has 67 heavy (non-hydrogen) atoms. The zero-order chi connectivity index (χ0) is 44.6. The fraction of sp³-hybridized carbons (Fsp3) is 0. The van der Waals surface area contributed by atoms with Gasteiger partial charge in [0.15, 0.2) is 0 Å². The van der Waals surface area contributed by atoms with E-state index in [4.69, 9.17) is 0 Å². The molecule has 0 atom stereocenters. The average Bonchev–Trinajstić information content (AvgIpc) is 4.04. The minimum absolute atomic E-state index is 0.452. The highest BCUT2D eigenvalue weighted by atomic mass is 15.0. The first kappa shape index (κ1) is 38.1. The van der Waals surface area contributed by atoms with Gasteiger partial charge in [0.2, 0.25) is 0 Å². The van der Waals surface area contributed by atoms with Crippen molar-refractivity contribution in [2.45, 2.75) is 0 Å². The highest BCUT2D eigenvalue weighted by Crippen LogP contribution is 2.47. The number of fused-ring (bicyclic) bond motifs is 10. The molecule has 0 fully saturated rings. The summed E-state index contributed by atoms with van der Waals surface area (Å²) in [7, 11) is 0. The Morgan fingerprint density at radius 2 is 0.821 bits per heavy atom. The molecule has 0 saturated carbocycles. The average molecular weight is 852 g/mol. The van der Waals surface area contributed by atoms with Crippen LogP contribution >= 0.6 is 0 Å². The summed E-state index contributed by atoms with van der Waals surface area (Å²) in [6.45, 7) is 0. The van der Waals surface area contributed by atoms with Crippen LogP contribution in [0.15, 0.2) is 224 Å². The van der Waals surface area contributed by atoms with Crippen molar-refractivity contribution in [1.29, 1.82) is 10.5 Å². The van der Waals surface area contributed by atoms with Crippen molar-refractivity contribution < 1.29 is 0 Å². The third kappa shape index (κ3) is 5.73. The Balaban J connectivity index is 1.23. The molecule has 0 bridgehead atoms. The van der Waals surface area contributed by atoms with E-state index in [1.54, 1.807) is 6.07 Å². The number of benzene rings is 10. The maximum atomic E-state index is 10.6. The largest absolute Gasteiger partial charge is 0.309 e. The van der Waals surface area contributed by atoms with Crippen molar-refractivity contribution in [3.8, 4) is 62.6 Å². The van der Waals surface area contributed by atoms with Crippen LogP contribution in [0.5, 0.6) is 0 Å². The van der Waals surface area contributed by atoms with Crippen LogP contribution in [0, 0.1) is 22.7 Å². The van der Waals surface area contributed by atoms with Crippen molar-refractivity contribution in [3.63, 3.8) is 0 Å². The molecule has 0 aliphatic heterocycles. The molecular formula is C62H37N5. The summed E-state index contributed by atoms with van der Waals surface area (Å²) in [5.41, 5.74) is 16.1. The lowest BCUT2D eigenvalue weighted by Gasteiger charge is -2.21. The second kappa shape index (κ2) is 15.1. The lowest BCUT2D eigenvalue weighted by Crippen LogP contribution is -2.02. The van der Waals surface area contributed by atoms with E-state index < -0.39 is 0 Å². The SMILES string of the molecule is N#Cc1cccc(C#N)c1-c1cc(-c2ccccc2)c(-n2c3ccc(-n4c5ccccc5c5ccccc54)cc3c3ccc4c(c5ccccc5n4-c4ccccc4)c32)cc1-c1ccccc1. The van der Waals surface area contributed by atoms with Gasteiger partial charge in [-0.1, -0.05) is 146 Å². The molecule has 5 nitrogen and oxygen atoms in total. The van der Waals surface area contributed by atoms with E-state index in [2.05, 4.69) is 208 Å². The van der Waals surface area contributed by atoms with Crippen molar-refractivity contribution in [1.82, 2.24) is 13.7 Å². The van der Waals surface area contributed by atoms with Crippen LogP contribution in [0.4, 0.5) is 0 Å². The van der Waals surface area contributed by atoms with Crippen LogP contribution in [-0.2, 0) is 0 Å². The van der Waals surface area contributed by atoms with E-state index in [1.807, 2.05) is 36.4 Å². The molecule has 0 aliphatic rings. The molecule has 13 aromatic rings. The van der Waals surface area contributed by atoms with Gasteiger partial charge in [-0.2, -0.15) is 10.5 Å². The predicted octanol–water partition coefficient (Wildman–Crippen LogP) is 15.7. The molecule has 5 heteroatoms. The molecule has 0 spiro atoms. The van der Waals surface area contributed by atoms with Crippen LogP contribution in [0.1, 0.15) is 11.1 Å². The van der Waals surface area contributed by atoms with Crippen molar-refractivity contribution in [3.05, 3.63) is 236 Å². The highest BCUT2D eigenvalue weighted by Gasteiger charge is 2.26. The molecule has 0 unspecified atom stereocenters. The minimum atomic E-state index is 0.452. The topological polar surface area (TPSA) is 62.4 Å². The Kier molecular flexibility index (Phi) is 8.58. The second-order valence-electron chi connectivity index (χ2n) is 17.0. The normalized spacial score (nSPS) is 11.6. The Labute approximate surface area is 386 Å². The molecule has 0 saturated heterocycles. The van der Waals surface area contributed by atoms with Crippen molar-refractivity contribution in [2.24, 2.45) is 0 Å². The van der Waals surface area contributed by atoms with E-state index >= 15 is 0 Å². The van der Waals surface area contributed by atoms with Crippen LogP contribution in [0.2, 0.25) is 0 Å². The summed E-state index contributed by atoms with van der Waals surface area (Å²) in [6, 6.07) is 83.8. The number of aromatic nitrogens is 3. The molecule has 0 radical (unpaired) electrons. The second-order valence-corrected chi connectivity index (χ2v) is 17.0. The Morgan fingerprint density at radius 3 is 1.45 bits per heavy atom. The van der Waals surface area contributed by atoms with E-state index in [1.165, 1.54) is 10.8 Å². The number of hydrogen-bond donors (Lipinski definition) is 0. The summed E-state index contributed by atoms with van der Waals surface area (Å²) in [6.07, 6.45) is 0. The minimum Gasteiger partial charge on any atom is -0.309 e. The lowest BCUT2D eigenvalue weighted by atomic mass is 9.86. The first-order valence-corrected chi connectivity index (χ1v) is 22.5. The van der Waals surface area contributed by atoms with E-state index in [-0.39, 0.29) is 0 Å². The summed E-state index contributed by atoms with van der Waals surface area (Å²) in [5, 5.41) is 28.2. The van der Waals surface area contributed by atoms with Gasteiger partial charge in [0.1, 0.15) is 0 Å². The molecule has 0 N–H and O–H groups in total. The Bertz CT molecular complexity index is 4130. The molecule has 310 valence electrons. The van der Waals surface area contributed by atoms with Crippen LogP contribution < -0.4 is 0 Å². The van der Waals surface area contributed by atoms with Gasteiger partial charge in [-0.3, -0.25) is 0 Å². The standard InChI is InChI=1S/C62H37N5/c63-38-42-21-16-22-43(39-64)60(42)53-36-51(41-19-6-2-7-20-41)59(37-50(53)40-17-4-1-5-18-40)67-57-33-31-45(66-54-28-13-10-25-46(54)47-26-11-14-29-55(47)66)35-52(57)48-32-34-58-61(62(48)67)49-27-12-15-30-56(49)65(58)44-23-8-3-9-24-44/h1-37H. The molecule has 0 aliphatic carbocycles. The van der Waals surface area contributed by atoms with Gasteiger partial charge in [-0.05, 0) is 101 Å². The summed E-state index contributed by atoms with van der Waals surface area (Å²) in [4.78, 5) is 0. The van der Waals surface area contributed by atoms with Gasteiger partial charge in [0, 0.05) is 54.8 Å². The summed E-state index contributed by atoms with van der Waals surface area (Å²) >= 11 is 0. The van der Waals surface area contributed by atoms with Crippen LogP contribution in [0.25, 0.3) is 116 Å². The van der Waals surface area contributed by atoms with E-state index in [9.17, 15) is 10.5 Å². The highest BCUT2D eigenvalue weighted by molar-refractivity contribution is 6.26. The monoisotopic (exact) mass is 851 g/mol. The maximum absolute atomic E-state index is 10.6. The van der Waals surface area contributed by atoms with Gasteiger partial charge >= 0.3 is 0 Å². The number of nitriles is 2. The van der Waals surface area contributed by atoms with Crippen molar-refractivity contribution in [2.75, 3.05) is 0 Å². The molecule has 0 amide bonds. The first-order chi connectivity index (χ1) is 33.2. The number of hydrogen-bond acceptors (Lipinski definition) is 2. The van der Waals surface area contributed by atoms with E-state index in [0.29, 0.717) is 16.7 Å². The Hall–Kier alpha value is -9.42. The molecule has 10 aromatic carbocycles. The van der Waals surface area contributed by atoms with Gasteiger partial charge in [0.05, 0.1) is 62.1 Å². The number of nitrogens with zero attached hydrogens (tertiary/aromatic N) is 5. The predicted molar refractivity (Wildman–Crippen MR) is 275 cm³/mol. The molecule has 3 aromatic heterocycles. The lowest BCUT2D eigenvalue weighted by molar-refractivity contribution is 1.17. The molecule has 3 heterocycles. The van der Waals surface area contributed by atoms with Gasteiger partial charge in [-0.15, -0.1) is 0 Å². The van der Waals surface area contributed by atoms with Gasteiger partial charge in [-0.25, -0.2) is 0 Å². The maximum Gasteiger partial charge on any atom is 0.0998 e. The third-order valence-electron chi connectivity index (χ3n) is 13.5. The number of para-hydroxylation sites is 4. The first-order valence-electron chi connectivity index (χ1n) is 22.5. The molecular weight excluding hydrogens is 815 g/mol. The molecule has 13 rings (SSSR count). The Morgan fingerprint density at radius 1 is 0.313 bits per heavy atom. The van der Waals surface area contributed by atoms with Crippen molar-refractivity contribution >= 4 is 65.4 Å². The third-order valence-corrected chi connectivity index (χ3v) is 13.5. The fourth-order valence-corrected chi connectivity index (χ4v) is 10.7. The fourth-order valence-electron chi connectivity index (χ4n) is 10.7. The zero-order valence-electron chi connectivity index (χ0n) is 36.1. The quantitative estimate of drug-likeness (QED) is 0.167. The van der Waals surface area contributed by atoms with Gasteiger partial charge < -0.3 is 13.7 Å². The smallest absolute Gasteiger partial charge is 0.0998 e. The summed E-state index contributed by atoms with van der Waals surface area (Å²) in [5.74, 6) is 0. The van der Waals surface area contributed by atoms with Crippen LogP contribution in [-0.4, -0.2) is 13.7 Å². The number of rotatable bonds is 6. The van der Waals surface area contributed by atoms with Crippen LogP contribution in [0.3, 0.4) is 0 Å². The summed E-state index contributed by atoms with van der Waals surface area (Å²) < 4.78 is 7.25. The zero-order valence-corrected chi connectivity index (χ0v) is 36.1. The van der Waals surface area contributed by atoms with E-state index in [0.717, 1.165) is 99.5 Å². The van der Waals surface area contributed by atoms with Gasteiger partial charge in [0.25, 0.3) is 0 Å².